The number of ether oxygens (including phenoxy) is 1. The number of carbonyl (C=O) groups excluding carboxylic acids is 1. The number of fused-ring (bicyclic) bond motifs is 10. The van der Waals surface area contributed by atoms with Gasteiger partial charge < -0.3 is 18.7 Å². The Morgan fingerprint density at radius 1 is 0.569 bits per heavy atom. The normalized spacial score (nSPS) is 46.0. The maximum absolute atomic E-state index is 12.2. The maximum atomic E-state index is 12.2. The fraction of sp³-hybridized carbons (Fsp3) is 0.985. The summed E-state index contributed by atoms with van der Waals surface area (Å²) in [6.07, 6.45) is 24.3. The molecule has 0 spiro atoms. The Balaban J connectivity index is 0.000000212. The number of carbonyl (C=O) groups is 1. The van der Waals surface area contributed by atoms with E-state index in [-0.39, 0.29) is 16.0 Å². The highest BCUT2D eigenvalue weighted by Gasteiger charge is 2.68. The number of methoxy groups -OCH3 is 1. The molecule has 8 aliphatic rings. The smallest absolute Gasteiger partial charge is 0.305 e. The minimum Gasteiger partial charge on any atom is -0.469 e. The van der Waals surface area contributed by atoms with Crippen molar-refractivity contribution >= 4 is 22.6 Å². The van der Waals surface area contributed by atoms with Crippen LogP contribution in [0.1, 0.15) is 226 Å². The Morgan fingerprint density at radius 2 is 0.931 bits per heavy atom. The zero-order valence-corrected chi connectivity index (χ0v) is 53.4. The molecule has 8 rings (SSSR count). The highest BCUT2D eigenvalue weighted by atomic mass is 28.4. The summed E-state index contributed by atoms with van der Waals surface area (Å²) in [5.74, 6) is 11.7. The van der Waals surface area contributed by atoms with E-state index < -0.39 is 16.6 Å². The molecule has 1 N–H and O–H groups in total. The first-order valence-electron chi connectivity index (χ1n) is 31.3. The van der Waals surface area contributed by atoms with Gasteiger partial charge in [0.1, 0.15) is 0 Å². The second-order valence-corrected chi connectivity index (χ2v) is 41.6. The summed E-state index contributed by atoms with van der Waals surface area (Å²) in [5.41, 5.74) is 1.70. The molecule has 8 fully saturated rings. The molecule has 8 aliphatic carbocycles. The zero-order chi connectivity index (χ0) is 53.5. The third kappa shape index (κ3) is 10.3. The van der Waals surface area contributed by atoms with Crippen molar-refractivity contribution in [3.63, 3.8) is 0 Å². The van der Waals surface area contributed by atoms with Crippen molar-refractivity contribution in [3.8, 4) is 0 Å². The van der Waals surface area contributed by atoms with Crippen LogP contribution in [0, 0.1) is 116 Å². The molecule has 22 atom stereocenters. The van der Waals surface area contributed by atoms with Crippen LogP contribution in [0.5, 0.6) is 0 Å². The van der Waals surface area contributed by atoms with Crippen molar-refractivity contribution in [2.24, 2.45) is 116 Å². The lowest BCUT2D eigenvalue weighted by atomic mass is 9.41. The summed E-state index contributed by atoms with van der Waals surface area (Å²) in [6, 6.07) is 0. The van der Waals surface area contributed by atoms with E-state index >= 15 is 0 Å². The van der Waals surface area contributed by atoms with Crippen LogP contribution in [0.4, 0.5) is 0 Å². The summed E-state index contributed by atoms with van der Waals surface area (Å²) in [5, 5.41) is 10.2. The first-order chi connectivity index (χ1) is 33.3. The Bertz CT molecular complexity index is 1830. The van der Waals surface area contributed by atoms with E-state index in [0.717, 1.165) is 71.5 Å². The number of esters is 1. The van der Waals surface area contributed by atoms with E-state index in [0.29, 0.717) is 76.5 Å². The second-order valence-electron chi connectivity index (χ2n) is 32.1. The summed E-state index contributed by atoms with van der Waals surface area (Å²) in [7, 11) is -2.26. The molecular weight excluding hydrogens is 917 g/mol. The average Bonchev–Trinajstić information content (AvgIpc) is 3.83. The lowest BCUT2D eigenvalue weighted by molar-refractivity contribution is -0.194. The lowest BCUT2D eigenvalue weighted by Gasteiger charge is -2.66. The number of aliphatic hydroxyl groups is 1. The topological polar surface area (TPSA) is 65.0 Å². The molecule has 0 heterocycles. The number of aliphatic hydroxyl groups excluding tert-OH is 1. The summed E-state index contributed by atoms with van der Waals surface area (Å²) in [6.45, 7) is 50.3. The quantitative estimate of drug-likeness (QED) is 0.156. The second kappa shape index (κ2) is 21.4. The number of hydrogen-bond donors (Lipinski definition) is 1. The summed E-state index contributed by atoms with van der Waals surface area (Å²) in [4.78, 5) is 12.2. The molecule has 5 nitrogen and oxygen atoms in total. The van der Waals surface area contributed by atoms with Gasteiger partial charge in [-0.05, 0) is 236 Å². The van der Waals surface area contributed by atoms with Crippen LogP contribution in [-0.2, 0) is 18.4 Å². The average molecular weight is 1040 g/mol. The first-order valence-corrected chi connectivity index (χ1v) is 37.2. The summed E-state index contributed by atoms with van der Waals surface area (Å²) < 4.78 is 20.4. The predicted octanol–water partition coefficient (Wildman–Crippen LogP) is 18.1. The van der Waals surface area contributed by atoms with Crippen molar-refractivity contribution in [2.75, 3.05) is 13.7 Å². The molecule has 0 bridgehead atoms. The van der Waals surface area contributed by atoms with E-state index in [1.807, 2.05) is 0 Å². The third-order valence-corrected chi connectivity index (χ3v) is 35.5. The number of rotatable bonds is 12. The Labute approximate surface area is 448 Å². The standard InChI is InChI=1S/C33H60O3Si.C32H60O2Si/c1-12-23-27-19-21(2)15-17-33(27,8)26-16-18-32(7)24(22(3)20-28(34)35-9)13-14-25(32)29(26)30(23)36-37(10,11)31(4,5)6;1-11-23-27-20-21(2)14-17-32(27,8)26-15-18-31(7)24(22(3)16-19-33)12-13-25(31)28(26)29(23)34-35(9,10)30(4,5)6/h21-27,29-30H,12-20H2,1-11H3;21-29,33H,11-20H2,1-10H3/t21-,22-,23-,24-,25?,26?,27?,29?,30-,32-,33-;21-,22-,23-,24-,25?,26?,27?,28?,29-,31-,32-/m11/s1. The molecule has 72 heavy (non-hydrogen) atoms. The largest absolute Gasteiger partial charge is 0.469 e. The van der Waals surface area contributed by atoms with Gasteiger partial charge in [-0.2, -0.15) is 0 Å². The van der Waals surface area contributed by atoms with Crippen LogP contribution in [0.15, 0.2) is 0 Å². The summed E-state index contributed by atoms with van der Waals surface area (Å²) >= 11 is 0. The number of hydrogen-bond acceptors (Lipinski definition) is 5. The predicted molar refractivity (Wildman–Crippen MR) is 309 cm³/mol. The van der Waals surface area contributed by atoms with Gasteiger partial charge >= 0.3 is 5.97 Å². The van der Waals surface area contributed by atoms with Gasteiger partial charge in [-0.15, -0.1) is 0 Å². The fourth-order valence-electron chi connectivity index (χ4n) is 20.5. The molecule has 0 aromatic carbocycles. The molecule has 0 radical (unpaired) electrons. The minimum absolute atomic E-state index is 0.0391. The highest BCUT2D eigenvalue weighted by Crippen LogP contribution is 2.73. The van der Waals surface area contributed by atoms with Gasteiger partial charge in [0.25, 0.3) is 0 Å². The Morgan fingerprint density at radius 3 is 1.28 bits per heavy atom. The zero-order valence-electron chi connectivity index (χ0n) is 51.4. The van der Waals surface area contributed by atoms with Gasteiger partial charge in [-0.25, -0.2) is 0 Å². The van der Waals surface area contributed by atoms with Gasteiger partial charge in [0.15, 0.2) is 16.6 Å². The van der Waals surface area contributed by atoms with E-state index in [1.165, 1.54) is 110 Å². The van der Waals surface area contributed by atoms with E-state index in [2.05, 4.69) is 137 Å². The van der Waals surface area contributed by atoms with Gasteiger partial charge in [0.2, 0.25) is 0 Å². The SMILES string of the molecule is CC[C@@H]1C2C[C@H](C)CC[C@]2(C)C2CC[C@@]3(C)C(CC[C@@H]3[C@H](C)CC(=O)OC)C2[C@@H]1O[Si](C)(C)C(C)(C)C.CC[C@@H]1C2C[C@H](C)CC[C@]2(C)C2CC[C@@]3(C)C(CC[C@@H]3[C@H](C)CCO)C2[C@@H]1O[Si](C)(C)C(C)(C)C. The molecule has 8 unspecified atom stereocenters. The van der Waals surface area contributed by atoms with Crippen molar-refractivity contribution < 1.29 is 23.5 Å². The van der Waals surface area contributed by atoms with Crippen molar-refractivity contribution in [3.05, 3.63) is 0 Å². The monoisotopic (exact) mass is 1040 g/mol. The van der Waals surface area contributed by atoms with Crippen LogP contribution in [0.2, 0.25) is 36.3 Å². The van der Waals surface area contributed by atoms with Crippen LogP contribution in [0.3, 0.4) is 0 Å². The minimum atomic E-state index is -1.92. The molecule has 8 saturated carbocycles. The van der Waals surface area contributed by atoms with Gasteiger partial charge in [0.05, 0.1) is 19.3 Å². The molecule has 0 aliphatic heterocycles. The van der Waals surface area contributed by atoms with Crippen molar-refractivity contribution in [1.29, 1.82) is 0 Å². The van der Waals surface area contributed by atoms with Gasteiger partial charge in [0, 0.05) is 13.0 Å². The first kappa shape index (κ1) is 59.4. The molecule has 0 aromatic heterocycles. The van der Waals surface area contributed by atoms with Crippen LogP contribution in [-0.4, -0.2) is 53.6 Å². The lowest BCUT2D eigenvalue weighted by Crippen LogP contribution is -2.64. The Kier molecular flexibility index (Phi) is 17.7. The van der Waals surface area contributed by atoms with E-state index in [1.54, 1.807) is 0 Å². The van der Waals surface area contributed by atoms with Crippen LogP contribution < -0.4 is 0 Å². The fourth-order valence-corrected chi connectivity index (χ4v) is 23.2. The van der Waals surface area contributed by atoms with Crippen molar-refractivity contribution in [2.45, 2.75) is 275 Å². The van der Waals surface area contributed by atoms with Crippen molar-refractivity contribution in [1.82, 2.24) is 0 Å². The molecular formula is C65H120O5Si2. The molecule has 0 amide bonds. The maximum Gasteiger partial charge on any atom is 0.305 e. The highest BCUT2D eigenvalue weighted by molar-refractivity contribution is 6.74. The van der Waals surface area contributed by atoms with Gasteiger partial charge in [-0.1, -0.05) is 136 Å². The molecule has 418 valence electrons. The Hall–Kier alpha value is -0.216. The van der Waals surface area contributed by atoms with Crippen LogP contribution >= 0.6 is 0 Å². The van der Waals surface area contributed by atoms with E-state index in [9.17, 15) is 9.90 Å². The van der Waals surface area contributed by atoms with Gasteiger partial charge in [-0.3, -0.25) is 4.79 Å². The molecule has 0 aromatic rings. The van der Waals surface area contributed by atoms with E-state index in [4.69, 9.17) is 13.6 Å². The molecule has 7 heteroatoms. The third-order valence-electron chi connectivity index (χ3n) is 26.6. The molecule has 0 saturated heterocycles. The van der Waals surface area contributed by atoms with Crippen LogP contribution in [0.25, 0.3) is 0 Å².